The molecule has 5 heteroatoms. The first kappa shape index (κ1) is 15.0. The van der Waals surface area contributed by atoms with Crippen molar-refractivity contribution in [1.29, 1.82) is 0 Å². The molecule has 1 aromatic heterocycles. The molecule has 21 heavy (non-hydrogen) atoms. The van der Waals surface area contributed by atoms with Crippen molar-refractivity contribution in [3.05, 3.63) is 47.5 Å². The smallest absolute Gasteiger partial charge is 0.276 e. The van der Waals surface area contributed by atoms with Crippen LogP contribution in [-0.2, 0) is 0 Å². The minimum absolute atomic E-state index is 0.168. The first-order valence-electron chi connectivity index (χ1n) is 6.94. The monoisotopic (exact) mass is 284 g/mol. The lowest BCUT2D eigenvalue weighted by Gasteiger charge is -2.11. The maximum atomic E-state index is 12.4. The number of nitrogens with one attached hydrogen (secondary N) is 2. The van der Waals surface area contributed by atoms with Crippen LogP contribution in [-0.4, -0.2) is 22.9 Å². The van der Waals surface area contributed by atoms with Crippen molar-refractivity contribution in [1.82, 2.24) is 9.97 Å². The van der Waals surface area contributed by atoms with Crippen molar-refractivity contribution in [2.24, 2.45) is 0 Å². The molecule has 0 aliphatic carbocycles. The lowest BCUT2D eigenvalue weighted by Crippen LogP contribution is -2.17. The van der Waals surface area contributed by atoms with Gasteiger partial charge in [-0.3, -0.25) is 4.79 Å². The number of carbonyl (C=O) groups is 1. The Kier molecular flexibility index (Phi) is 4.52. The first-order chi connectivity index (χ1) is 10.0. The molecular weight excluding hydrogens is 264 g/mol. The molecular formula is C16H20N4O. The minimum atomic E-state index is -0.243. The van der Waals surface area contributed by atoms with Crippen molar-refractivity contribution in [3.8, 4) is 0 Å². The zero-order chi connectivity index (χ0) is 15.4. The molecule has 0 bridgehead atoms. The van der Waals surface area contributed by atoms with E-state index < -0.39 is 0 Å². The summed E-state index contributed by atoms with van der Waals surface area (Å²) in [5, 5.41) is 5.81. The molecule has 0 fully saturated rings. The average molecular weight is 284 g/mol. The van der Waals surface area contributed by atoms with Gasteiger partial charge in [0.2, 0.25) is 0 Å². The molecule has 0 spiro atoms. The molecule has 5 nitrogen and oxygen atoms in total. The van der Waals surface area contributed by atoms with Crippen molar-refractivity contribution in [3.63, 3.8) is 0 Å². The summed E-state index contributed by atoms with van der Waals surface area (Å²) in [5.41, 5.74) is 2.87. The highest BCUT2D eigenvalue weighted by Crippen LogP contribution is 2.18. The predicted molar refractivity (Wildman–Crippen MR) is 84.8 cm³/mol. The van der Waals surface area contributed by atoms with Crippen LogP contribution in [0.25, 0.3) is 0 Å². The number of aryl methyl sites for hydroxylation is 1. The van der Waals surface area contributed by atoms with Gasteiger partial charge >= 0.3 is 0 Å². The summed E-state index contributed by atoms with van der Waals surface area (Å²) in [5.74, 6) is 0.581. The van der Waals surface area contributed by atoms with E-state index in [-0.39, 0.29) is 11.8 Å². The molecule has 0 aliphatic heterocycles. The summed E-state index contributed by atoms with van der Waals surface area (Å²) >= 11 is 0. The summed E-state index contributed by atoms with van der Waals surface area (Å²) in [4.78, 5) is 21.0. The third kappa shape index (κ3) is 3.56. The number of amides is 1. The molecule has 110 valence electrons. The predicted octanol–water partition coefficient (Wildman–Crippen LogP) is 3.20. The highest BCUT2D eigenvalue weighted by atomic mass is 16.1. The molecule has 0 unspecified atom stereocenters. The summed E-state index contributed by atoms with van der Waals surface area (Å²) in [7, 11) is 1.75. The van der Waals surface area contributed by atoms with Crippen molar-refractivity contribution >= 4 is 17.3 Å². The van der Waals surface area contributed by atoms with Gasteiger partial charge in [0.25, 0.3) is 5.91 Å². The van der Waals surface area contributed by atoms with Gasteiger partial charge in [-0.1, -0.05) is 31.5 Å². The Bertz CT molecular complexity index is 635. The van der Waals surface area contributed by atoms with E-state index in [2.05, 4.69) is 20.6 Å². The molecule has 0 saturated heterocycles. The molecule has 1 heterocycles. The fourth-order valence-electron chi connectivity index (χ4n) is 1.86. The van der Waals surface area contributed by atoms with E-state index in [1.807, 2.05) is 45.0 Å². The molecule has 2 rings (SSSR count). The fourth-order valence-corrected chi connectivity index (χ4v) is 1.86. The van der Waals surface area contributed by atoms with Crippen LogP contribution in [0.3, 0.4) is 0 Å². The van der Waals surface area contributed by atoms with Gasteiger partial charge in [0.05, 0.1) is 11.9 Å². The Morgan fingerprint density at radius 2 is 1.86 bits per heavy atom. The number of benzene rings is 1. The topological polar surface area (TPSA) is 66.9 Å². The molecule has 1 aromatic carbocycles. The average Bonchev–Trinajstić information content (AvgIpc) is 2.48. The van der Waals surface area contributed by atoms with Gasteiger partial charge < -0.3 is 10.6 Å². The zero-order valence-corrected chi connectivity index (χ0v) is 12.8. The number of hydrogen-bond donors (Lipinski definition) is 2. The second-order valence-corrected chi connectivity index (χ2v) is 5.22. The molecule has 0 saturated carbocycles. The summed E-state index contributed by atoms with van der Waals surface area (Å²) in [6, 6.07) is 7.65. The van der Waals surface area contributed by atoms with Gasteiger partial charge in [-0.05, 0) is 19.1 Å². The lowest BCUT2D eigenvalue weighted by atomic mass is 10.2. The highest BCUT2D eigenvalue weighted by molar-refractivity contribution is 6.06. The van der Waals surface area contributed by atoms with Gasteiger partial charge in [-0.15, -0.1) is 0 Å². The van der Waals surface area contributed by atoms with Crippen LogP contribution in [0.2, 0.25) is 0 Å². The van der Waals surface area contributed by atoms with Crippen molar-refractivity contribution < 1.29 is 4.79 Å². The molecule has 1 amide bonds. The van der Waals surface area contributed by atoms with Crippen LogP contribution in [0, 0.1) is 6.92 Å². The number of anilines is 2. The van der Waals surface area contributed by atoms with Crippen LogP contribution < -0.4 is 10.6 Å². The van der Waals surface area contributed by atoms with E-state index in [1.54, 1.807) is 13.2 Å². The van der Waals surface area contributed by atoms with Gasteiger partial charge in [0.15, 0.2) is 5.69 Å². The van der Waals surface area contributed by atoms with Gasteiger partial charge in [0, 0.05) is 18.7 Å². The third-order valence-corrected chi connectivity index (χ3v) is 3.12. The second-order valence-electron chi connectivity index (χ2n) is 5.22. The Labute approximate surface area is 124 Å². The quantitative estimate of drug-likeness (QED) is 0.904. The van der Waals surface area contributed by atoms with Crippen molar-refractivity contribution in [2.45, 2.75) is 26.7 Å². The molecule has 0 radical (unpaired) electrons. The Balaban J connectivity index is 2.28. The fraction of sp³-hybridized carbons (Fsp3) is 0.312. The van der Waals surface area contributed by atoms with Crippen LogP contribution in [0.1, 0.15) is 41.6 Å². The van der Waals surface area contributed by atoms with E-state index in [1.165, 1.54) is 0 Å². The van der Waals surface area contributed by atoms with Crippen LogP contribution in [0.15, 0.2) is 30.5 Å². The normalized spacial score (nSPS) is 10.5. The second kappa shape index (κ2) is 6.35. The van der Waals surface area contributed by atoms with Gasteiger partial charge in [-0.25, -0.2) is 9.97 Å². The summed E-state index contributed by atoms with van der Waals surface area (Å²) in [6.07, 6.45) is 1.65. The number of hydrogen-bond acceptors (Lipinski definition) is 4. The van der Waals surface area contributed by atoms with E-state index in [0.29, 0.717) is 17.2 Å². The highest BCUT2D eigenvalue weighted by Gasteiger charge is 2.16. The van der Waals surface area contributed by atoms with Crippen LogP contribution >= 0.6 is 0 Å². The zero-order valence-electron chi connectivity index (χ0n) is 12.8. The summed E-state index contributed by atoms with van der Waals surface area (Å²) < 4.78 is 0. The molecule has 0 atom stereocenters. The SMILES string of the molecule is CNc1cnc(C(C)C)nc1C(=O)Nc1ccc(C)cc1. The van der Waals surface area contributed by atoms with E-state index in [9.17, 15) is 4.79 Å². The number of rotatable bonds is 4. The van der Waals surface area contributed by atoms with Crippen LogP contribution in [0.5, 0.6) is 0 Å². The third-order valence-electron chi connectivity index (χ3n) is 3.12. The maximum absolute atomic E-state index is 12.4. The Morgan fingerprint density at radius 3 is 2.43 bits per heavy atom. The first-order valence-corrected chi connectivity index (χ1v) is 6.94. The van der Waals surface area contributed by atoms with E-state index in [4.69, 9.17) is 0 Å². The minimum Gasteiger partial charge on any atom is -0.385 e. The van der Waals surface area contributed by atoms with Crippen LogP contribution in [0.4, 0.5) is 11.4 Å². The van der Waals surface area contributed by atoms with Gasteiger partial charge in [0.1, 0.15) is 5.82 Å². The number of carbonyl (C=O) groups excluding carboxylic acids is 1. The molecule has 2 N–H and O–H groups in total. The number of aromatic nitrogens is 2. The van der Waals surface area contributed by atoms with Crippen molar-refractivity contribution in [2.75, 3.05) is 17.7 Å². The Hall–Kier alpha value is -2.43. The Morgan fingerprint density at radius 1 is 1.19 bits per heavy atom. The molecule has 0 aliphatic rings. The standard InChI is InChI=1S/C16H20N4O/c1-10(2)15-18-9-13(17-4)14(20-15)16(21)19-12-7-5-11(3)6-8-12/h5-10,17H,1-4H3,(H,19,21). The largest absolute Gasteiger partial charge is 0.385 e. The van der Waals surface area contributed by atoms with Gasteiger partial charge in [-0.2, -0.15) is 0 Å². The van der Waals surface area contributed by atoms with E-state index in [0.717, 1.165) is 11.3 Å². The maximum Gasteiger partial charge on any atom is 0.276 e. The lowest BCUT2D eigenvalue weighted by molar-refractivity contribution is 0.102. The molecule has 2 aromatic rings. The van der Waals surface area contributed by atoms with E-state index >= 15 is 0 Å². The number of nitrogens with zero attached hydrogens (tertiary/aromatic N) is 2. The summed E-state index contributed by atoms with van der Waals surface area (Å²) in [6.45, 7) is 6.00.